The molecule has 1 aliphatic heterocycles. The first kappa shape index (κ1) is 21.9. The number of primary amides is 1. The van der Waals surface area contributed by atoms with Gasteiger partial charge < -0.3 is 20.2 Å². The van der Waals surface area contributed by atoms with Crippen LogP contribution in [0.1, 0.15) is 27.7 Å². The molecule has 11 nitrogen and oxygen atoms in total. The fourth-order valence-electron chi connectivity index (χ4n) is 4.41. The highest BCUT2D eigenvalue weighted by atomic mass is 16.5. The van der Waals surface area contributed by atoms with E-state index in [2.05, 4.69) is 25.2 Å². The molecule has 1 aliphatic rings. The Bertz CT molecular complexity index is 1480. The van der Waals surface area contributed by atoms with Gasteiger partial charge in [-0.3, -0.25) is 15.0 Å². The number of hydrogen-bond acceptors (Lipinski definition) is 7. The number of nitrogens with one attached hydrogen (secondary N) is 2. The van der Waals surface area contributed by atoms with E-state index in [-0.39, 0.29) is 5.69 Å². The number of aromatic amines is 1. The molecule has 0 spiro atoms. The van der Waals surface area contributed by atoms with Crippen LogP contribution in [0.5, 0.6) is 0 Å². The van der Waals surface area contributed by atoms with Crippen LogP contribution in [0, 0.1) is 0 Å². The van der Waals surface area contributed by atoms with E-state index in [1.807, 2.05) is 0 Å². The number of aromatic nitrogens is 3. The van der Waals surface area contributed by atoms with Crippen molar-refractivity contribution < 1.29 is 23.9 Å². The van der Waals surface area contributed by atoms with Crippen LogP contribution >= 0.6 is 0 Å². The van der Waals surface area contributed by atoms with Gasteiger partial charge in [-0.05, 0) is 23.8 Å². The second-order valence-electron chi connectivity index (χ2n) is 7.75. The van der Waals surface area contributed by atoms with Crippen molar-refractivity contribution in [3.05, 3.63) is 71.5 Å². The number of nitrogens with zero attached hydrogens (tertiary/aromatic N) is 3. The molecule has 176 valence electrons. The first-order chi connectivity index (χ1) is 16.9. The molecule has 4 aromatic rings. The Morgan fingerprint density at radius 3 is 2.46 bits per heavy atom. The van der Waals surface area contributed by atoms with Gasteiger partial charge in [0.2, 0.25) is 0 Å². The van der Waals surface area contributed by atoms with Crippen LogP contribution in [0.3, 0.4) is 0 Å². The van der Waals surface area contributed by atoms with Crippen molar-refractivity contribution in [3.8, 4) is 11.1 Å². The van der Waals surface area contributed by atoms with E-state index in [0.717, 1.165) is 0 Å². The monoisotopic (exact) mass is 472 g/mol. The van der Waals surface area contributed by atoms with Gasteiger partial charge in [-0.25, -0.2) is 9.59 Å². The SMILES string of the molecule is COC(=O)Nc1ccc(C2c3c[nH]c4nnc(C(N)=O)c(c34)-c3ccccc3N2C(=O)OC)cc1. The van der Waals surface area contributed by atoms with Crippen LogP contribution in [0.4, 0.5) is 21.0 Å². The summed E-state index contributed by atoms with van der Waals surface area (Å²) in [6.45, 7) is 0. The standard InChI is InChI=1S/C24H20N6O5/c1-34-23(32)27-13-9-7-12(8-10-13)20-15-11-26-22-18(15)17(19(21(25)31)28-29-22)14-5-3-4-6-16(14)30(20)24(33)35-2/h3-11,20H,1-2H3,(H2,25,31)(H,26,29)(H,27,32). The normalized spacial score (nSPS) is 14.1. The fourth-order valence-corrected chi connectivity index (χ4v) is 4.41. The van der Waals surface area contributed by atoms with E-state index in [1.165, 1.54) is 19.1 Å². The molecule has 2 aromatic heterocycles. The van der Waals surface area contributed by atoms with Gasteiger partial charge in [-0.2, -0.15) is 0 Å². The number of anilines is 2. The maximum absolute atomic E-state index is 13.2. The van der Waals surface area contributed by atoms with E-state index in [0.29, 0.717) is 44.7 Å². The van der Waals surface area contributed by atoms with Crippen LogP contribution in [-0.4, -0.2) is 47.5 Å². The number of ether oxygens (including phenoxy) is 2. The molecule has 35 heavy (non-hydrogen) atoms. The Labute approximate surface area is 198 Å². The summed E-state index contributed by atoms with van der Waals surface area (Å²) in [5, 5.41) is 11.4. The molecular formula is C24H20N6O5. The van der Waals surface area contributed by atoms with Gasteiger partial charge in [-0.15, -0.1) is 10.2 Å². The van der Waals surface area contributed by atoms with Gasteiger partial charge >= 0.3 is 12.2 Å². The zero-order valence-electron chi connectivity index (χ0n) is 18.7. The van der Waals surface area contributed by atoms with Gasteiger partial charge in [0.1, 0.15) is 0 Å². The molecular weight excluding hydrogens is 452 g/mol. The smallest absolute Gasteiger partial charge is 0.414 e. The van der Waals surface area contributed by atoms with Crippen molar-refractivity contribution in [2.45, 2.75) is 6.04 Å². The summed E-state index contributed by atoms with van der Waals surface area (Å²) in [5.41, 5.74) is 9.57. The van der Waals surface area contributed by atoms with Crippen molar-refractivity contribution in [2.75, 3.05) is 24.4 Å². The van der Waals surface area contributed by atoms with E-state index in [9.17, 15) is 14.4 Å². The number of H-pyrrole nitrogens is 1. The predicted molar refractivity (Wildman–Crippen MR) is 127 cm³/mol. The first-order valence-corrected chi connectivity index (χ1v) is 10.5. The zero-order chi connectivity index (χ0) is 24.7. The van der Waals surface area contributed by atoms with E-state index in [4.69, 9.17) is 10.5 Å². The Morgan fingerprint density at radius 2 is 1.77 bits per heavy atom. The number of methoxy groups -OCH3 is 2. The minimum absolute atomic E-state index is 0.00566. The van der Waals surface area contributed by atoms with Crippen molar-refractivity contribution in [3.63, 3.8) is 0 Å². The summed E-state index contributed by atoms with van der Waals surface area (Å²) in [6.07, 6.45) is 0.514. The summed E-state index contributed by atoms with van der Waals surface area (Å²) in [5.74, 6) is -0.738. The predicted octanol–water partition coefficient (Wildman–Crippen LogP) is 3.58. The summed E-state index contributed by atoms with van der Waals surface area (Å²) in [7, 11) is 2.58. The second kappa shape index (κ2) is 8.45. The summed E-state index contributed by atoms with van der Waals surface area (Å²) in [6, 6.07) is 13.4. The third kappa shape index (κ3) is 3.50. The molecule has 2 aromatic carbocycles. The third-order valence-electron chi connectivity index (χ3n) is 5.88. The summed E-state index contributed by atoms with van der Waals surface area (Å²) >= 11 is 0. The number of amides is 3. The highest BCUT2D eigenvalue weighted by Crippen LogP contribution is 2.48. The van der Waals surface area contributed by atoms with Gasteiger partial charge in [0.05, 0.1) is 25.9 Å². The lowest BCUT2D eigenvalue weighted by Gasteiger charge is -2.30. The van der Waals surface area contributed by atoms with Crippen LogP contribution in [0.25, 0.3) is 22.2 Å². The minimum Gasteiger partial charge on any atom is -0.453 e. The molecule has 1 atom stereocenters. The lowest BCUT2D eigenvalue weighted by atomic mass is 9.95. The number of carbonyl (C=O) groups excluding carboxylic acids is 3. The highest BCUT2D eigenvalue weighted by molar-refractivity contribution is 6.12. The Morgan fingerprint density at radius 1 is 1.03 bits per heavy atom. The second-order valence-corrected chi connectivity index (χ2v) is 7.75. The Balaban J connectivity index is 1.81. The molecule has 5 rings (SSSR count). The molecule has 11 heteroatoms. The maximum atomic E-state index is 13.2. The number of para-hydroxylation sites is 1. The minimum atomic E-state index is -0.738. The average molecular weight is 472 g/mol. The third-order valence-corrected chi connectivity index (χ3v) is 5.88. The Hall–Kier alpha value is -4.93. The topological polar surface area (TPSA) is 153 Å². The van der Waals surface area contributed by atoms with Crippen LogP contribution in [0.2, 0.25) is 0 Å². The van der Waals surface area contributed by atoms with Crippen LogP contribution in [-0.2, 0) is 9.47 Å². The van der Waals surface area contributed by atoms with Gasteiger partial charge in [0, 0.05) is 34.0 Å². The van der Waals surface area contributed by atoms with Gasteiger partial charge in [0.15, 0.2) is 11.3 Å². The molecule has 0 fully saturated rings. The average Bonchev–Trinajstić information content (AvgIpc) is 3.25. The quantitative estimate of drug-likeness (QED) is 0.412. The first-order valence-electron chi connectivity index (χ1n) is 10.5. The molecule has 3 amide bonds. The summed E-state index contributed by atoms with van der Waals surface area (Å²) in [4.78, 5) is 41.7. The van der Waals surface area contributed by atoms with Crippen molar-refractivity contribution in [2.24, 2.45) is 5.73 Å². The highest BCUT2D eigenvalue weighted by Gasteiger charge is 2.38. The number of rotatable bonds is 3. The molecule has 4 N–H and O–H groups in total. The van der Waals surface area contributed by atoms with Crippen LogP contribution < -0.4 is 16.0 Å². The largest absolute Gasteiger partial charge is 0.453 e. The fraction of sp³-hybridized carbons (Fsp3) is 0.125. The Kier molecular flexibility index (Phi) is 5.28. The number of benzene rings is 2. The van der Waals surface area contributed by atoms with E-state index >= 15 is 0 Å². The lowest BCUT2D eigenvalue weighted by molar-refractivity contribution is 0.0995. The molecule has 1 unspecified atom stereocenters. The van der Waals surface area contributed by atoms with Gasteiger partial charge in [-0.1, -0.05) is 30.3 Å². The molecule has 3 heterocycles. The van der Waals surface area contributed by atoms with Crippen molar-refractivity contribution in [1.82, 2.24) is 15.2 Å². The van der Waals surface area contributed by atoms with Crippen molar-refractivity contribution >= 4 is 40.5 Å². The van der Waals surface area contributed by atoms with Crippen molar-refractivity contribution in [1.29, 1.82) is 0 Å². The molecule has 0 radical (unpaired) electrons. The number of carbonyl (C=O) groups is 3. The van der Waals surface area contributed by atoms with Crippen LogP contribution in [0.15, 0.2) is 54.7 Å². The molecule has 0 aliphatic carbocycles. The number of hydrogen-bond donors (Lipinski definition) is 3. The number of fused-ring (bicyclic) bond motifs is 2. The van der Waals surface area contributed by atoms with Gasteiger partial charge in [0.25, 0.3) is 5.91 Å². The van der Waals surface area contributed by atoms with E-state index in [1.54, 1.807) is 54.7 Å². The number of nitrogens with two attached hydrogens (primary N) is 1. The maximum Gasteiger partial charge on any atom is 0.414 e. The lowest BCUT2D eigenvalue weighted by Crippen LogP contribution is -2.35. The molecule has 0 bridgehead atoms. The molecule has 0 saturated heterocycles. The molecule has 0 saturated carbocycles. The zero-order valence-corrected chi connectivity index (χ0v) is 18.7. The summed E-state index contributed by atoms with van der Waals surface area (Å²) < 4.78 is 9.82. The van der Waals surface area contributed by atoms with E-state index < -0.39 is 24.1 Å².